The smallest absolute Gasteiger partial charge is 0.339 e. The van der Waals surface area contributed by atoms with Crippen molar-refractivity contribution in [2.24, 2.45) is 0 Å². The molecule has 7 nitrogen and oxygen atoms in total. The molecule has 0 bridgehead atoms. The molecular formula is C14H15N3O4. The SMILES string of the molecule is COC(=O)c1ccc(C(=O)NCc2nc(C)c(C)o2)nc1. The molecule has 2 aromatic rings. The van der Waals surface area contributed by atoms with E-state index in [9.17, 15) is 9.59 Å². The molecule has 0 unspecified atom stereocenters. The number of amides is 1. The Balaban J connectivity index is 1.98. The van der Waals surface area contributed by atoms with Gasteiger partial charge in [-0.3, -0.25) is 9.78 Å². The lowest BCUT2D eigenvalue weighted by molar-refractivity contribution is 0.0599. The van der Waals surface area contributed by atoms with Crippen LogP contribution in [0.3, 0.4) is 0 Å². The number of rotatable bonds is 4. The molecule has 0 aromatic carbocycles. The van der Waals surface area contributed by atoms with Gasteiger partial charge in [0.2, 0.25) is 5.89 Å². The van der Waals surface area contributed by atoms with Gasteiger partial charge in [0.1, 0.15) is 11.5 Å². The summed E-state index contributed by atoms with van der Waals surface area (Å²) in [7, 11) is 1.28. The molecule has 2 rings (SSSR count). The van der Waals surface area contributed by atoms with Crippen LogP contribution >= 0.6 is 0 Å². The molecule has 0 atom stereocenters. The van der Waals surface area contributed by atoms with Crippen molar-refractivity contribution in [1.82, 2.24) is 15.3 Å². The van der Waals surface area contributed by atoms with E-state index in [1.54, 1.807) is 6.92 Å². The fraction of sp³-hybridized carbons (Fsp3) is 0.286. The highest BCUT2D eigenvalue weighted by molar-refractivity contribution is 5.94. The third-order valence-corrected chi connectivity index (χ3v) is 2.89. The summed E-state index contributed by atoms with van der Waals surface area (Å²) in [6, 6.07) is 2.93. The van der Waals surface area contributed by atoms with Gasteiger partial charge < -0.3 is 14.5 Å². The number of aromatic nitrogens is 2. The molecule has 0 radical (unpaired) electrons. The predicted octanol–water partition coefficient (Wildman–Crippen LogP) is 1.40. The Kier molecular flexibility index (Phi) is 4.32. The number of hydrogen-bond acceptors (Lipinski definition) is 6. The van der Waals surface area contributed by atoms with Crippen molar-refractivity contribution >= 4 is 11.9 Å². The number of nitrogens with one attached hydrogen (secondary N) is 1. The molecule has 1 N–H and O–H groups in total. The Hall–Kier alpha value is -2.70. The van der Waals surface area contributed by atoms with E-state index in [4.69, 9.17) is 4.42 Å². The van der Waals surface area contributed by atoms with Gasteiger partial charge in [-0.2, -0.15) is 0 Å². The van der Waals surface area contributed by atoms with E-state index in [0.29, 0.717) is 5.89 Å². The molecule has 0 fully saturated rings. The average Bonchev–Trinajstić information content (AvgIpc) is 2.82. The number of nitrogens with zero attached hydrogens (tertiary/aromatic N) is 2. The van der Waals surface area contributed by atoms with Crippen LogP contribution in [0.5, 0.6) is 0 Å². The highest BCUT2D eigenvalue weighted by atomic mass is 16.5. The van der Waals surface area contributed by atoms with Crippen LogP contribution < -0.4 is 5.32 Å². The maximum atomic E-state index is 11.9. The monoisotopic (exact) mass is 289 g/mol. The normalized spacial score (nSPS) is 10.2. The predicted molar refractivity (Wildman–Crippen MR) is 72.7 cm³/mol. The standard InChI is InChI=1S/C14H15N3O4/c1-8-9(2)21-12(17-8)7-16-13(18)11-5-4-10(6-15-11)14(19)20-3/h4-6H,7H2,1-3H3,(H,16,18). The summed E-state index contributed by atoms with van der Waals surface area (Å²) >= 11 is 0. The van der Waals surface area contributed by atoms with Gasteiger partial charge in [0.25, 0.3) is 5.91 Å². The lowest BCUT2D eigenvalue weighted by Crippen LogP contribution is -2.24. The van der Waals surface area contributed by atoms with Crippen molar-refractivity contribution < 1.29 is 18.7 Å². The third kappa shape index (κ3) is 3.44. The van der Waals surface area contributed by atoms with Crippen LogP contribution in [0.2, 0.25) is 0 Å². The summed E-state index contributed by atoms with van der Waals surface area (Å²) in [5, 5.41) is 2.64. The van der Waals surface area contributed by atoms with E-state index >= 15 is 0 Å². The van der Waals surface area contributed by atoms with Gasteiger partial charge in [0.15, 0.2) is 0 Å². The Morgan fingerprint density at radius 2 is 2.10 bits per heavy atom. The van der Waals surface area contributed by atoms with E-state index in [1.165, 1.54) is 25.4 Å². The highest BCUT2D eigenvalue weighted by Crippen LogP contribution is 2.08. The average molecular weight is 289 g/mol. The maximum absolute atomic E-state index is 11.9. The second-order valence-electron chi connectivity index (χ2n) is 4.36. The largest absolute Gasteiger partial charge is 0.465 e. The van der Waals surface area contributed by atoms with Crippen molar-refractivity contribution in [3.63, 3.8) is 0 Å². The Morgan fingerprint density at radius 1 is 1.33 bits per heavy atom. The molecule has 0 saturated carbocycles. The first-order chi connectivity index (χ1) is 10.0. The van der Waals surface area contributed by atoms with Crippen LogP contribution in [0, 0.1) is 13.8 Å². The number of hydrogen-bond donors (Lipinski definition) is 1. The number of ether oxygens (including phenoxy) is 1. The molecule has 0 aliphatic rings. The number of oxazole rings is 1. The first kappa shape index (κ1) is 14.7. The Morgan fingerprint density at radius 3 is 2.62 bits per heavy atom. The zero-order chi connectivity index (χ0) is 15.4. The summed E-state index contributed by atoms with van der Waals surface area (Å²) in [6.07, 6.45) is 1.29. The van der Waals surface area contributed by atoms with Gasteiger partial charge in [-0.05, 0) is 26.0 Å². The topological polar surface area (TPSA) is 94.3 Å². The minimum Gasteiger partial charge on any atom is -0.465 e. The summed E-state index contributed by atoms with van der Waals surface area (Å²) in [6.45, 7) is 3.81. The Labute approximate surface area is 121 Å². The summed E-state index contributed by atoms with van der Waals surface area (Å²) in [5.74, 6) is 0.282. The fourth-order valence-electron chi connectivity index (χ4n) is 1.63. The third-order valence-electron chi connectivity index (χ3n) is 2.89. The van der Waals surface area contributed by atoms with E-state index in [2.05, 4.69) is 20.0 Å². The molecule has 2 aromatic heterocycles. The van der Waals surface area contributed by atoms with Gasteiger partial charge in [0, 0.05) is 6.20 Å². The number of aryl methyl sites for hydroxylation is 2. The van der Waals surface area contributed by atoms with Crippen molar-refractivity contribution in [3.05, 3.63) is 46.9 Å². The van der Waals surface area contributed by atoms with Crippen LogP contribution in [0.1, 0.15) is 38.2 Å². The maximum Gasteiger partial charge on any atom is 0.339 e. The molecule has 1 amide bonds. The van der Waals surface area contributed by atoms with Gasteiger partial charge in [-0.1, -0.05) is 0 Å². The van der Waals surface area contributed by atoms with E-state index < -0.39 is 5.97 Å². The summed E-state index contributed by atoms with van der Waals surface area (Å²) < 4.78 is 9.91. The van der Waals surface area contributed by atoms with Gasteiger partial charge >= 0.3 is 5.97 Å². The minimum atomic E-state index is -0.500. The van der Waals surface area contributed by atoms with E-state index in [1.807, 2.05) is 6.92 Å². The zero-order valence-electron chi connectivity index (χ0n) is 12.0. The van der Waals surface area contributed by atoms with Crippen molar-refractivity contribution in [3.8, 4) is 0 Å². The minimum absolute atomic E-state index is 0.175. The van der Waals surface area contributed by atoms with Crippen molar-refractivity contribution in [2.45, 2.75) is 20.4 Å². The van der Waals surface area contributed by atoms with Crippen molar-refractivity contribution in [2.75, 3.05) is 7.11 Å². The zero-order valence-corrected chi connectivity index (χ0v) is 12.0. The second-order valence-corrected chi connectivity index (χ2v) is 4.36. The molecular weight excluding hydrogens is 274 g/mol. The van der Waals surface area contributed by atoms with Crippen LogP contribution in [0.4, 0.5) is 0 Å². The molecule has 0 aliphatic heterocycles. The van der Waals surface area contributed by atoms with Crippen LogP contribution in [0.25, 0.3) is 0 Å². The highest BCUT2D eigenvalue weighted by Gasteiger charge is 2.12. The van der Waals surface area contributed by atoms with Crippen LogP contribution in [-0.4, -0.2) is 29.0 Å². The van der Waals surface area contributed by atoms with Gasteiger partial charge in [0.05, 0.1) is 24.9 Å². The first-order valence-corrected chi connectivity index (χ1v) is 6.26. The van der Waals surface area contributed by atoms with Crippen molar-refractivity contribution in [1.29, 1.82) is 0 Å². The first-order valence-electron chi connectivity index (χ1n) is 6.26. The van der Waals surface area contributed by atoms with E-state index in [0.717, 1.165) is 11.5 Å². The van der Waals surface area contributed by atoms with Crippen LogP contribution in [-0.2, 0) is 11.3 Å². The van der Waals surface area contributed by atoms with E-state index in [-0.39, 0.29) is 23.7 Å². The fourth-order valence-corrected chi connectivity index (χ4v) is 1.63. The molecule has 0 aliphatic carbocycles. The molecule has 7 heteroatoms. The second kappa shape index (κ2) is 6.17. The quantitative estimate of drug-likeness (QED) is 0.855. The Bertz CT molecular complexity index is 642. The molecule has 110 valence electrons. The number of pyridine rings is 1. The van der Waals surface area contributed by atoms with Gasteiger partial charge in [-0.15, -0.1) is 0 Å². The summed E-state index contributed by atoms with van der Waals surface area (Å²) in [5.41, 5.74) is 1.27. The molecule has 0 spiro atoms. The summed E-state index contributed by atoms with van der Waals surface area (Å²) in [4.78, 5) is 31.2. The molecule has 21 heavy (non-hydrogen) atoms. The number of methoxy groups -OCH3 is 1. The lowest BCUT2D eigenvalue weighted by atomic mass is 10.2. The van der Waals surface area contributed by atoms with Gasteiger partial charge in [-0.25, -0.2) is 9.78 Å². The van der Waals surface area contributed by atoms with Crippen LogP contribution in [0.15, 0.2) is 22.7 Å². The number of carbonyl (C=O) groups is 2. The molecule has 2 heterocycles. The lowest BCUT2D eigenvalue weighted by Gasteiger charge is -2.03. The molecule has 0 saturated heterocycles. The number of esters is 1. The number of carbonyl (C=O) groups excluding carboxylic acids is 2.